The molecule has 1 aromatic rings. The monoisotopic (exact) mass is 412 g/mol. The molecule has 2 atom stereocenters. The second kappa shape index (κ2) is 5.69. The van der Waals surface area contributed by atoms with Crippen molar-refractivity contribution >= 4 is 47.6 Å². The maximum atomic E-state index is 12.4. The smallest absolute Gasteiger partial charge is 0.243 e. The molecule has 1 aromatic carbocycles. The van der Waals surface area contributed by atoms with Gasteiger partial charge in [-0.2, -0.15) is 0 Å². The lowest BCUT2D eigenvalue weighted by Gasteiger charge is -2.17. The fourth-order valence-electron chi connectivity index (χ4n) is 1.98. The summed E-state index contributed by atoms with van der Waals surface area (Å²) in [6, 6.07) is 2.92. The van der Waals surface area contributed by atoms with Gasteiger partial charge in [-0.1, -0.05) is 0 Å². The van der Waals surface area contributed by atoms with Crippen LogP contribution < -0.4 is 10.5 Å². The van der Waals surface area contributed by atoms with Crippen molar-refractivity contribution in [3.05, 3.63) is 21.1 Å². The number of nitrogens with one attached hydrogen (secondary N) is 1. The van der Waals surface area contributed by atoms with E-state index in [2.05, 4.69) is 36.6 Å². The van der Waals surface area contributed by atoms with Gasteiger partial charge in [-0.3, -0.25) is 0 Å². The van der Waals surface area contributed by atoms with Crippen LogP contribution in [-0.2, 0) is 14.8 Å². The number of anilines is 1. The van der Waals surface area contributed by atoms with Crippen molar-refractivity contribution in [2.75, 3.05) is 12.3 Å². The summed E-state index contributed by atoms with van der Waals surface area (Å²) in [5.41, 5.74) is 6.14. The van der Waals surface area contributed by atoms with E-state index < -0.39 is 10.0 Å². The largest absolute Gasteiger partial charge is 0.399 e. The Morgan fingerprint density at radius 2 is 1.95 bits per heavy atom. The molecule has 0 bridgehead atoms. The minimum Gasteiger partial charge on any atom is -0.399 e. The first-order valence-electron chi connectivity index (χ1n) is 5.69. The molecular formula is C11H14Br2N2O3S. The van der Waals surface area contributed by atoms with E-state index in [1.807, 2.05) is 6.92 Å². The zero-order chi connectivity index (χ0) is 14.2. The van der Waals surface area contributed by atoms with Gasteiger partial charge in [0.15, 0.2) is 0 Å². The first kappa shape index (κ1) is 15.2. The fourth-order valence-corrected chi connectivity index (χ4v) is 5.94. The van der Waals surface area contributed by atoms with E-state index in [9.17, 15) is 8.42 Å². The van der Waals surface area contributed by atoms with Gasteiger partial charge >= 0.3 is 0 Å². The minimum absolute atomic E-state index is 0.124. The van der Waals surface area contributed by atoms with E-state index in [0.29, 0.717) is 27.7 Å². The molecule has 2 unspecified atom stereocenters. The van der Waals surface area contributed by atoms with Crippen molar-refractivity contribution < 1.29 is 13.2 Å². The van der Waals surface area contributed by atoms with Gasteiger partial charge in [0.1, 0.15) is 4.90 Å². The van der Waals surface area contributed by atoms with Crippen LogP contribution in [0.15, 0.2) is 26.0 Å². The molecule has 0 spiro atoms. The lowest BCUT2D eigenvalue weighted by atomic mass is 10.2. The molecule has 0 aliphatic carbocycles. The van der Waals surface area contributed by atoms with Crippen LogP contribution in [0.1, 0.15) is 13.3 Å². The summed E-state index contributed by atoms with van der Waals surface area (Å²) in [6.45, 7) is 2.42. The molecule has 0 radical (unpaired) electrons. The van der Waals surface area contributed by atoms with Gasteiger partial charge in [0, 0.05) is 21.2 Å². The zero-order valence-corrected chi connectivity index (χ0v) is 14.2. The van der Waals surface area contributed by atoms with Crippen LogP contribution in [0.25, 0.3) is 0 Å². The second-order valence-corrected chi connectivity index (χ2v) is 7.77. The number of hydrogen-bond donors (Lipinski definition) is 2. The minimum atomic E-state index is -3.63. The van der Waals surface area contributed by atoms with Crippen molar-refractivity contribution in [3.8, 4) is 0 Å². The van der Waals surface area contributed by atoms with Gasteiger partial charge in [0.25, 0.3) is 0 Å². The molecule has 1 heterocycles. The predicted molar refractivity (Wildman–Crippen MR) is 80.4 cm³/mol. The third-order valence-electron chi connectivity index (χ3n) is 2.97. The number of ether oxygens (including phenoxy) is 1. The Kier molecular flexibility index (Phi) is 4.56. The highest BCUT2D eigenvalue weighted by molar-refractivity contribution is 9.11. The number of benzene rings is 1. The van der Waals surface area contributed by atoms with Gasteiger partial charge in [0.2, 0.25) is 10.0 Å². The van der Waals surface area contributed by atoms with Crippen molar-refractivity contribution in [2.45, 2.75) is 30.4 Å². The molecule has 106 valence electrons. The van der Waals surface area contributed by atoms with Gasteiger partial charge < -0.3 is 10.5 Å². The third kappa shape index (κ3) is 3.30. The lowest BCUT2D eigenvalue weighted by molar-refractivity contribution is 0.117. The number of halogens is 2. The van der Waals surface area contributed by atoms with Crippen molar-refractivity contribution in [1.82, 2.24) is 4.72 Å². The van der Waals surface area contributed by atoms with Gasteiger partial charge in [-0.25, -0.2) is 13.1 Å². The summed E-state index contributed by atoms with van der Waals surface area (Å²) in [5, 5.41) is 0. The summed E-state index contributed by atoms with van der Waals surface area (Å²) in [6.07, 6.45) is 0.547. The summed E-state index contributed by atoms with van der Waals surface area (Å²) < 4.78 is 33.7. The number of hydrogen-bond acceptors (Lipinski definition) is 4. The molecule has 8 heteroatoms. The Morgan fingerprint density at radius 1 is 1.37 bits per heavy atom. The Hall–Kier alpha value is -0.150. The van der Waals surface area contributed by atoms with Crippen LogP contribution in [0.4, 0.5) is 5.69 Å². The maximum absolute atomic E-state index is 12.4. The molecule has 1 fully saturated rings. The van der Waals surface area contributed by atoms with Crippen LogP contribution in [0.5, 0.6) is 0 Å². The molecule has 0 amide bonds. The molecule has 0 aromatic heterocycles. The van der Waals surface area contributed by atoms with Crippen molar-refractivity contribution in [3.63, 3.8) is 0 Å². The second-order valence-electron chi connectivity index (χ2n) is 4.41. The molecule has 1 saturated heterocycles. The van der Waals surface area contributed by atoms with E-state index in [-0.39, 0.29) is 17.0 Å². The summed E-state index contributed by atoms with van der Waals surface area (Å²) in [7, 11) is -3.63. The third-order valence-corrected chi connectivity index (χ3v) is 6.34. The molecule has 2 rings (SSSR count). The van der Waals surface area contributed by atoms with E-state index in [0.717, 1.165) is 0 Å². The summed E-state index contributed by atoms with van der Waals surface area (Å²) in [5.74, 6) is 0. The molecule has 5 nitrogen and oxygen atoms in total. The van der Waals surface area contributed by atoms with E-state index in [4.69, 9.17) is 10.5 Å². The van der Waals surface area contributed by atoms with Crippen LogP contribution in [-0.4, -0.2) is 27.2 Å². The topological polar surface area (TPSA) is 81.4 Å². The normalized spacial score (nSPS) is 23.7. The van der Waals surface area contributed by atoms with Crippen LogP contribution >= 0.6 is 31.9 Å². The fraction of sp³-hybridized carbons (Fsp3) is 0.455. The maximum Gasteiger partial charge on any atom is 0.243 e. The average molecular weight is 414 g/mol. The SMILES string of the molecule is CC1OCCC1NS(=O)(=O)c1c(Br)cc(N)cc1Br. The molecular weight excluding hydrogens is 400 g/mol. The van der Waals surface area contributed by atoms with Crippen molar-refractivity contribution in [2.24, 2.45) is 0 Å². The quantitative estimate of drug-likeness (QED) is 0.744. The highest BCUT2D eigenvalue weighted by atomic mass is 79.9. The summed E-state index contributed by atoms with van der Waals surface area (Å²) in [4.78, 5) is 0.154. The molecule has 1 aliphatic heterocycles. The Bertz CT molecular complexity index is 569. The number of sulfonamides is 1. The highest BCUT2D eigenvalue weighted by Gasteiger charge is 2.31. The predicted octanol–water partition coefficient (Wildman–Crippen LogP) is 2.25. The zero-order valence-electron chi connectivity index (χ0n) is 10.2. The van der Waals surface area contributed by atoms with E-state index in [1.165, 1.54) is 0 Å². The summed E-state index contributed by atoms with van der Waals surface area (Å²) >= 11 is 6.48. The Morgan fingerprint density at radius 3 is 2.42 bits per heavy atom. The van der Waals surface area contributed by atoms with Gasteiger partial charge in [-0.15, -0.1) is 0 Å². The van der Waals surface area contributed by atoms with Crippen LogP contribution in [0, 0.1) is 0 Å². The molecule has 1 aliphatic rings. The average Bonchev–Trinajstić information content (AvgIpc) is 2.61. The van der Waals surface area contributed by atoms with Crippen LogP contribution in [0.2, 0.25) is 0 Å². The molecule has 19 heavy (non-hydrogen) atoms. The van der Waals surface area contributed by atoms with Crippen LogP contribution in [0.3, 0.4) is 0 Å². The standard InChI is InChI=1S/C11H14Br2N2O3S/c1-6-10(2-3-18-6)15-19(16,17)11-8(12)4-7(14)5-9(11)13/h4-6,10,15H,2-3,14H2,1H3. The molecule has 3 N–H and O–H groups in total. The van der Waals surface area contributed by atoms with Gasteiger partial charge in [0.05, 0.1) is 12.1 Å². The highest BCUT2D eigenvalue weighted by Crippen LogP contribution is 2.33. The lowest BCUT2D eigenvalue weighted by Crippen LogP contribution is -2.39. The van der Waals surface area contributed by atoms with E-state index in [1.54, 1.807) is 12.1 Å². The molecule has 0 saturated carbocycles. The number of nitrogens with two attached hydrogens (primary N) is 1. The first-order chi connectivity index (χ1) is 8.81. The number of nitrogen functional groups attached to an aromatic ring is 1. The number of rotatable bonds is 3. The first-order valence-corrected chi connectivity index (χ1v) is 8.76. The Balaban J connectivity index is 2.34. The van der Waals surface area contributed by atoms with Gasteiger partial charge in [-0.05, 0) is 57.3 Å². The van der Waals surface area contributed by atoms with E-state index >= 15 is 0 Å². The Labute approximate surface area is 129 Å². The van der Waals surface area contributed by atoms with Crippen molar-refractivity contribution in [1.29, 1.82) is 0 Å².